The highest BCUT2D eigenvalue weighted by Crippen LogP contribution is 2.37. The number of hydrogen-bond acceptors (Lipinski definition) is 2. The standard InChI is InChI=1S/C16H16BrCl2NO/c1-9-3-2-4-11(15(9)17)16(21)12(8-20)10-5-6-13(18)14(19)7-10/h2-7,12,16,21H,8,20H2,1H3. The van der Waals surface area contributed by atoms with Crippen LogP contribution in [0.4, 0.5) is 0 Å². The topological polar surface area (TPSA) is 46.2 Å². The van der Waals surface area contributed by atoms with Gasteiger partial charge in [-0.25, -0.2) is 0 Å². The van der Waals surface area contributed by atoms with E-state index in [0.29, 0.717) is 16.6 Å². The van der Waals surface area contributed by atoms with Crippen molar-refractivity contribution >= 4 is 39.1 Å². The Morgan fingerprint density at radius 3 is 2.52 bits per heavy atom. The highest BCUT2D eigenvalue weighted by atomic mass is 79.9. The first-order valence-electron chi connectivity index (χ1n) is 6.53. The maximum atomic E-state index is 10.7. The van der Waals surface area contributed by atoms with Gasteiger partial charge in [0, 0.05) is 16.9 Å². The Morgan fingerprint density at radius 1 is 1.19 bits per heavy atom. The van der Waals surface area contributed by atoms with Gasteiger partial charge < -0.3 is 10.8 Å². The van der Waals surface area contributed by atoms with E-state index in [1.165, 1.54) is 0 Å². The van der Waals surface area contributed by atoms with Crippen LogP contribution >= 0.6 is 39.1 Å². The molecule has 2 atom stereocenters. The van der Waals surface area contributed by atoms with E-state index < -0.39 is 6.10 Å². The molecule has 0 saturated heterocycles. The molecule has 0 aliphatic heterocycles. The molecule has 2 aromatic carbocycles. The number of aliphatic hydroxyl groups is 1. The summed E-state index contributed by atoms with van der Waals surface area (Å²) in [7, 11) is 0. The summed E-state index contributed by atoms with van der Waals surface area (Å²) >= 11 is 15.5. The summed E-state index contributed by atoms with van der Waals surface area (Å²) < 4.78 is 0.899. The van der Waals surface area contributed by atoms with Crippen LogP contribution in [0.2, 0.25) is 10.0 Å². The number of halogens is 3. The van der Waals surface area contributed by atoms with E-state index in [1.807, 2.05) is 31.2 Å². The Balaban J connectivity index is 2.40. The summed E-state index contributed by atoms with van der Waals surface area (Å²) in [5.41, 5.74) is 8.62. The van der Waals surface area contributed by atoms with Gasteiger partial charge in [0.25, 0.3) is 0 Å². The molecule has 0 bridgehead atoms. The van der Waals surface area contributed by atoms with Gasteiger partial charge in [-0.1, -0.05) is 63.4 Å². The minimum absolute atomic E-state index is 0.252. The van der Waals surface area contributed by atoms with Crippen molar-refractivity contribution in [3.63, 3.8) is 0 Å². The fourth-order valence-electron chi connectivity index (χ4n) is 2.31. The monoisotopic (exact) mass is 387 g/mol. The third-order valence-corrected chi connectivity index (χ3v) is 5.37. The van der Waals surface area contributed by atoms with Crippen LogP contribution in [-0.4, -0.2) is 11.7 Å². The molecule has 112 valence electrons. The lowest BCUT2D eigenvalue weighted by Crippen LogP contribution is -2.20. The molecular weight excluding hydrogens is 373 g/mol. The lowest BCUT2D eigenvalue weighted by atomic mass is 9.89. The fraction of sp³-hybridized carbons (Fsp3) is 0.250. The van der Waals surface area contributed by atoms with Crippen LogP contribution in [0.3, 0.4) is 0 Å². The highest BCUT2D eigenvalue weighted by molar-refractivity contribution is 9.10. The Kier molecular flexibility index (Phi) is 5.69. The van der Waals surface area contributed by atoms with Gasteiger partial charge in [0.05, 0.1) is 16.1 Å². The van der Waals surface area contributed by atoms with Gasteiger partial charge in [0.2, 0.25) is 0 Å². The summed E-state index contributed by atoms with van der Waals surface area (Å²) in [5, 5.41) is 11.7. The molecule has 2 nitrogen and oxygen atoms in total. The third-order valence-electron chi connectivity index (χ3n) is 3.55. The lowest BCUT2D eigenvalue weighted by molar-refractivity contribution is 0.146. The van der Waals surface area contributed by atoms with Crippen LogP contribution in [0.25, 0.3) is 0 Å². The first kappa shape index (κ1) is 16.8. The molecule has 0 heterocycles. The predicted octanol–water partition coefficient (Wildman–Crippen LogP) is 4.84. The zero-order chi connectivity index (χ0) is 15.6. The Hall–Kier alpha value is -0.580. The molecule has 0 aliphatic rings. The molecule has 0 saturated carbocycles. The molecule has 2 unspecified atom stereocenters. The van der Waals surface area contributed by atoms with Gasteiger partial charge >= 0.3 is 0 Å². The average Bonchev–Trinajstić information content (AvgIpc) is 2.46. The molecule has 0 aromatic heterocycles. The smallest absolute Gasteiger partial charge is 0.0881 e. The summed E-state index contributed by atoms with van der Waals surface area (Å²) in [6.45, 7) is 2.29. The fourth-order valence-corrected chi connectivity index (χ4v) is 3.11. The van der Waals surface area contributed by atoms with Crippen molar-refractivity contribution < 1.29 is 5.11 Å². The summed E-state index contributed by atoms with van der Waals surface area (Å²) in [6.07, 6.45) is -0.721. The van der Waals surface area contributed by atoms with Gasteiger partial charge in [-0.15, -0.1) is 0 Å². The van der Waals surface area contributed by atoms with Gasteiger partial charge in [-0.3, -0.25) is 0 Å². The molecule has 0 radical (unpaired) electrons. The summed E-state index contributed by atoms with van der Waals surface area (Å²) in [5.74, 6) is -0.252. The average molecular weight is 389 g/mol. The minimum atomic E-state index is -0.721. The van der Waals surface area contributed by atoms with Gasteiger partial charge in [-0.2, -0.15) is 0 Å². The maximum absolute atomic E-state index is 10.7. The van der Waals surface area contributed by atoms with E-state index in [1.54, 1.807) is 12.1 Å². The van der Waals surface area contributed by atoms with Crippen LogP contribution in [-0.2, 0) is 0 Å². The third kappa shape index (κ3) is 3.61. The van der Waals surface area contributed by atoms with Crippen molar-refractivity contribution in [1.29, 1.82) is 0 Å². The first-order chi connectivity index (χ1) is 9.95. The first-order valence-corrected chi connectivity index (χ1v) is 8.08. The van der Waals surface area contributed by atoms with Crippen LogP contribution in [0.1, 0.15) is 28.7 Å². The number of rotatable bonds is 4. The highest BCUT2D eigenvalue weighted by Gasteiger charge is 2.24. The normalized spacial score (nSPS) is 14.0. The second kappa shape index (κ2) is 7.12. The summed E-state index contributed by atoms with van der Waals surface area (Å²) in [4.78, 5) is 0. The minimum Gasteiger partial charge on any atom is -0.388 e. The van der Waals surface area contributed by atoms with Gasteiger partial charge in [0.1, 0.15) is 0 Å². The second-order valence-corrected chi connectivity index (χ2v) is 6.55. The molecule has 0 amide bonds. The molecule has 0 fully saturated rings. The van der Waals surface area contributed by atoms with Crippen molar-refractivity contribution in [3.8, 4) is 0 Å². The van der Waals surface area contributed by atoms with E-state index in [0.717, 1.165) is 21.2 Å². The second-order valence-electron chi connectivity index (χ2n) is 4.94. The van der Waals surface area contributed by atoms with Crippen molar-refractivity contribution in [1.82, 2.24) is 0 Å². The maximum Gasteiger partial charge on any atom is 0.0881 e. The molecule has 5 heteroatoms. The van der Waals surface area contributed by atoms with Crippen molar-refractivity contribution in [3.05, 3.63) is 67.6 Å². The zero-order valence-electron chi connectivity index (χ0n) is 11.5. The van der Waals surface area contributed by atoms with E-state index in [4.69, 9.17) is 28.9 Å². The summed E-state index contributed by atoms with van der Waals surface area (Å²) in [6, 6.07) is 11.1. The van der Waals surface area contributed by atoms with Gasteiger partial charge in [-0.05, 0) is 35.7 Å². The van der Waals surface area contributed by atoms with E-state index in [2.05, 4.69) is 15.9 Å². The molecule has 3 N–H and O–H groups in total. The van der Waals surface area contributed by atoms with Gasteiger partial charge in [0.15, 0.2) is 0 Å². The Labute approximate surface area is 143 Å². The van der Waals surface area contributed by atoms with E-state index >= 15 is 0 Å². The lowest BCUT2D eigenvalue weighted by Gasteiger charge is -2.24. The van der Waals surface area contributed by atoms with Crippen LogP contribution < -0.4 is 5.73 Å². The van der Waals surface area contributed by atoms with Crippen molar-refractivity contribution in [2.75, 3.05) is 6.54 Å². The Morgan fingerprint density at radius 2 is 1.90 bits per heavy atom. The van der Waals surface area contributed by atoms with Crippen LogP contribution in [0, 0.1) is 6.92 Å². The van der Waals surface area contributed by atoms with Crippen molar-refractivity contribution in [2.24, 2.45) is 5.73 Å². The van der Waals surface area contributed by atoms with Crippen LogP contribution in [0.15, 0.2) is 40.9 Å². The Bertz CT molecular complexity index is 648. The molecule has 21 heavy (non-hydrogen) atoms. The SMILES string of the molecule is Cc1cccc(C(O)C(CN)c2ccc(Cl)c(Cl)c2)c1Br. The van der Waals surface area contributed by atoms with Crippen LogP contribution in [0.5, 0.6) is 0 Å². The number of aryl methyl sites for hydroxylation is 1. The predicted molar refractivity (Wildman–Crippen MR) is 92.1 cm³/mol. The molecule has 2 aromatic rings. The van der Waals surface area contributed by atoms with E-state index in [-0.39, 0.29) is 5.92 Å². The molecule has 2 rings (SSSR count). The number of aliphatic hydroxyl groups excluding tert-OH is 1. The van der Waals surface area contributed by atoms with Crippen molar-refractivity contribution in [2.45, 2.75) is 18.9 Å². The number of nitrogens with two attached hydrogens (primary N) is 1. The molecule has 0 aliphatic carbocycles. The molecular formula is C16H16BrCl2NO. The van der Waals surface area contributed by atoms with E-state index in [9.17, 15) is 5.11 Å². The molecule has 0 spiro atoms. The number of hydrogen-bond donors (Lipinski definition) is 2. The zero-order valence-corrected chi connectivity index (χ0v) is 14.6. The number of benzene rings is 2. The largest absolute Gasteiger partial charge is 0.388 e. The quantitative estimate of drug-likeness (QED) is 0.786.